The average Bonchev–Trinajstić information content (AvgIpc) is 2.68. The van der Waals surface area contributed by atoms with Gasteiger partial charge in [-0.2, -0.15) is 4.39 Å². The van der Waals surface area contributed by atoms with Gasteiger partial charge >= 0.3 is 0 Å². The Morgan fingerprint density at radius 1 is 1.14 bits per heavy atom. The maximum absolute atomic E-state index is 14.2. The molecule has 5 heteroatoms. The third kappa shape index (κ3) is 6.95. The summed E-state index contributed by atoms with van der Waals surface area (Å²) in [5.74, 6) is -2.52. The fourth-order valence-electron chi connectivity index (χ4n) is 2.51. The van der Waals surface area contributed by atoms with Crippen molar-refractivity contribution >= 4 is 6.08 Å². The van der Waals surface area contributed by atoms with Gasteiger partial charge in [0, 0.05) is 11.6 Å². The molecular formula is C23H29F3O2. The molecule has 2 atom stereocenters. The Balaban J connectivity index is 2.53. The van der Waals surface area contributed by atoms with Gasteiger partial charge in [0.05, 0.1) is 13.2 Å². The van der Waals surface area contributed by atoms with Gasteiger partial charge in [0.2, 0.25) is 0 Å². The number of ether oxygens (including phenoxy) is 2. The number of hydrogen-bond acceptors (Lipinski definition) is 2. The zero-order valence-electron chi connectivity index (χ0n) is 16.9. The van der Waals surface area contributed by atoms with E-state index in [1.54, 1.807) is 26.0 Å². The van der Waals surface area contributed by atoms with E-state index in [0.29, 0.717) is 30.8 Å². The minimum atomic E-state index is -1.11. The highest BCUT2D eigenvalue weighted by molar-refractivity contribution is 5.49. The molecule has 0 aromatic heterocycles. The Morgan fingerprint density at radius 3 is 2.39 bits per heavy atom. The quantitative estimate of drug-likeness (QED) is 0.277. The lowest BCUT2D eigenvalue weighted by atomic mass is 9.92. The van der Waals surface area contributed by atoms with E-state index < -0.39 is 11.7 Å². The highest BCUT2D eigenvalue weighted by atomic mass is 19.2. The summed E-state index contributed by atoms with van der Waals surface area (Å²) in [4.78, 5) is 0. The van der Waals surface area contributed by atoms with E-state index >= 15 is 0 Å². The predicted molar refractivity (Wildman–Crippen MR) is 109 cm³/mol. The van der Waals surface area contributed by atoms with Crippen molar-refractivity contribution < 1.29 is 22.6 Å². The molecule has 154 valence electrons. The van der Waals surface area contributed by atoms with E-state index in [-0.39, 0.29) is 35.6 Å². The first-order valence-corrected chi connectivity index (χ1v) is 9.32. The van der Waals surface area contributed by atoms with Crippen molar-refractivity contribution in [3.8, 4) is 5.75 Å². The molecule has 28 heavy (non-hydrogen) atoms. The van der Waals surface area contributed by atoms with Crippen LogP contribution in [-0.2, 0) is 4.74 Å². The van der Waals surface area contributed by atoms with Gasteiger partial charge in [0.1, 0.15) is 11.6 Å². The molecule has 0 aliphatic rings. The smallest absolute Gasteiger partial charge is 0.200 e. The SMILES string of the molecule is C=Cc1ccc(OCC(C)CCC(C)C(=C)/C(F)=C(/F)C(=C)OCC)cc1F. The van der Waals surface area contributed by atoms with Gasteiger partial charge in [0.25, 0.3) is 0 Å². The van der Waals surface area contributed by atoms with Crippen molar-refractivity contribution in [2.45, 2.75) is 33.6 Å². The van der Waals surface area contributed by atoms with E-state index in [1.165, 1.54) is 12.1 Å². The third-order valence-corrected chi connectivity index (χ3v) is 4.45. The fourth-order valence-corrected chi connectivity index (χ4v) is 2.51. The zero-order valence-corrected chi connectivity index (χ0v) is 16.9. The van der Waals surface area contributed by atoms with E-state index in [0.717, 1.165) is 0 Å². The molecule has 2 unspecified atom stereocenters. The lowest BCUT2D eigenvalue weighted by molar-refractivity contribution is 0.223. The molecule has 1 rings (SSSR count). The van der Waals surface area contributed by atoms with Gasteiger partial charge in [-0.25, -0.2) is 8.78 Å². The van der Waals surface area contributed by atoms with Gasteiger partial charge in [-0.05, 0) is 49.3 Å². The Morgan fingerprint density at radius 2 is 1.82 bits per heavy atom. The Kier molecular flexibility index (Phi) is 9.63. The van der Waals surface area contributed by atoms with Crippen LogP contribution in [0.15, 0.2) is 60.9 Å². The van der Waals surface area contributed by atoms with E-state index in [9.17, 15) is 13.2 Å². The van der Waals surface area contributed by atoms with Crippen LogP contribution in [0.3, 0.4) is 0 Å². The van der Waals surface area contributed by atoms with Crippen molar-refractivity contribution in [2.24, 2.45) is 11.8 Å². The van der Waals surface area contributed by atoms with Crippen molar-refractivity contribution in [2.75, 3.05) is 13.2 Å². The topological polar surface area (TPSA) is 18.5 Å². The summed E-state index contributed by atoms with van der Waals surface area (Å²) in [6.45, 7) is 16.6. The zero-order chi connectivity index (χ0) is 21.3. The molecule has 0 heterocycles. The van der Waals surface area contributed by atoms with Gasteiger partial charge in [-0.1, -0.05) is 39.7 Å². The standard InChI is InChI=1S/C23H29F3O2/c1-7-19-11-12-20(13-21(19)24)28-14-15(3)9-10-16(4)17(5)22(25)23(26)18(6)27-8-2/h7,11-13,15-16H,1,5-6,8-10,14H2,2-4H3/b23-22-. The summed E-state index contributed by atoms with van der Waals surface area (Å²) in [6, 6.07) is 4.61. The van der Waals surface area contributed by atoms with Crippen LogP contribution in [0.2, 0.25) is 0 Å². The van der Waals surface area contributed by atoms with Crippen LogP contribution in [0.5, 0.6) is 5.75 Å². The summed E-state index contributed by atoms with van der Waals surface area (Å²) < 4.78 is 52.4. The molecule has 0 N–H and O–H groups in total. The van der Waals surface area contributed by atoms with Crippen molar-refractivity contribution in [3.63, 3.8) is 0 Å². The van der Waals surface area contributed by atoms with Crippen LogP contribution in [0.25, 0.3) is 6.08 Å². The molecule has 0 amide bonds. The largest absolute Gasteiger partial charge is 0.493 e. The van der Waals surface area contributed by atoms with Gasteiger partial charge < -0.3 is 9.47 Å². The molecule has 0 aliphatic heterocycles. The molecule has 0 saturated heterocycles. The maximum Gasteiger partial charge on any atom is 0.200 e. The maximum atomic E-state index is 14.2. The van der Waals surface area contributed by atoms with Crippen LogP contribution in [-0.4, -0.2) is 13.2 Å². The summed E-state index contributed by atoms with van der Waals surface area (Å²) in [5.41, 5.74) is 0.496. The highest BCUT2D eigenvalue weighted by Crippen LogP contribution is 2.30. The first-order chi connectivity index (χ1) is 13.2. The van der Waals surface area contributed by atoms with Gasteiger partial charge in [-0.3, -0.25) is 0 Å². The number of hydrogen-bond donors (Lipinski definition) is 0. The molecule has 2 nitrogen and oxygen atoms in total. The fraction of sp³-hybridized carbons (Fsp3) is 0.391. The summed E-state index contributed by atoms with van der Waals surface area (Å²) in [5, 5.41) is 0. The minimum Gasteiger partial charge on any atom is -0.493 e. The van der Waals surface area contributed by atoms with Crippen LogP contribution >= 0.6 is 0 Å². The van der Waals surface area contributed by atoms with Crippen molar-refractivity contribution in [1.82, 2.24) is 0 Å². The molecule has 1 aromatic carbocycles. The van der Waals surface area contributed by atoms with Gasteiger partial charge in [-0.15, -0.1) is 0 Å². The van der Waals surface area contributed by atoms with Crippen molar-refractivity contribution in [1.29, 1.82) is 0 Å². The first kappa shape index (κ1) is 23.6. The molecule has 0 saturated carbocycles. The second-order valence-corrected chi connectivity index (χ2v) is 6.79. The third-order valence-electron chi connectivity index (χ3n) is 4.45. The number of halogens is 3. The number of allylic oxidation sites excluding steroid dienone is 3. The second kappa shape index (κ2) is 11.4. The average molecular weight is 394 g/mol. The van der Waals surface area contributed by atoms with Crippen LogP contribution in [0.4, 0.5) is 13.2 Å². The summed E-state index contributed by atoms with van der Waals surface area (Å²) in [6.07, 6.45) is 2.76. The Labute approximate surface area is 166 Å². The van der Waals surface area contributed by atoms with Gasteiger partial charge in [0.15, 0.2) is 17.4 Å². The lowest BCUT2D eigenvalue weighted by Gasteiger charge is -2.18. The van der Waals surface area contributed by atoms with E-state index in [4.69, 9.17) is 9.47 Å². The van der Waals surface area contributed by atoms with Crippen molar-refractivity contribution in [3.05, 3.63) is 72.3 Å². The van der Waals surface area contributed by atoms with Crippen LogP contribution in [0.1, 0.15) is 39.2 Å². The normalized spacial score (nSPS) is 13.9. The first-order valence-electron chi connectivity index (χ1n) is 9.32. The van der Waals surface area contributed by atoms with E-state index in [2.05, 4.69) is 19.7 Å². The monoisotopic (exact) mass is 394 g/mol. The minimum absolute atomic E-state index is 0.0774. The number of rotatable bonds is 12. The van der Waals surface area contributed by atoms with Crippen LogP contribution < -0.4 is 4.74 Å². The summed E-state index contributed by atoms with van der Waals surface area (Å²) in [7, 11) is 0. The molecule has 1 aromatic rings. The lowest BCUT2D eigenvalue weighted by Crippen LogP contribution is -2.11. The predicted octanol–water partition coefficient (Wildman–Crippen LogP) is 7.16. The number of benzene rings is 1. The molecule has 0 radical (unpaired) electrons. The molecule has 0 spiro atoms. The van der Waals surface area contributed by atoms with Crippen LogP contribution in [0, 0.1) is 17.7 Å². The Hall–Kier alpha value is -2.43. The highest BCUT2D eigenvalue weighted by Gasteiger charge is 2.19. The molecular weight excluding hydrogens is 365 g/mol. The van der Waals surface area contributed by atoms with E-state index in [1.807, 2.05) is 6.92 Å². The molecule has 0 aliphatic carbocycles. The molecule has 0 bridgehead atoms. The summed E-state index contributed by atoms with van der Waals surface area (Å²) >= 11 is 0. The molecule has 0 fully saturated rings. The Bertz CT molecular complexity index is 737. The second-order valence-electron chi connectivity index (χ2n) is 6.79.